The molecule has 1 atom stereocenters. The minimum atomic E-state index is -0.376. The molecule has 1 saturated carbocycles. The minimum absolute atomic E-state index is 0.145. The lowest BCUT2D eigenvalue weighted by Gasteiger charge is -2.31. The molecule has 2 rings (SSSR count). The lowest BCUT2D eigenvalue weighted by atomic mass is 9.72. The molecule has 0 spiro atoms. The van der Waals surface area contributed by atoms with E-state index in [4.69, 9.17) is 9.47 Å². The van der Waals surface area contributed by atoms with E-state index in [1.54, 1.807) is 14.2 Å². The maximum absolute atomic E-state index is 13.2. The van der Waals surface area contributed by atoms with Crippen LogP contribution in [0.2, 0.25) is 0 Å². The molecule has 122 valence electrons. The van der Waals surface area contributed by atoms with Crippen molar-refractivity contribution in [1.29, 1.82) is 0 Å². The molecule has 0 heterocycles. The maximum atomic E-state index is 13.2. The molecule has 0 N–H and O–H groups in total. The van der Waals surface area contributed by atoms with Crippen molar-refractivity contribution in [2.75, 3.05) is 14.2 Å². The van der Waals surface area contributed by atoms with E-state index in [0.717, 1.165) is 29.9 Å². The van der Waals surface area contributed by atoms with Crippen molar-refractivity contribution in [3.63, 3.8) is 0 Å². The zero-order valence-electron chi connectivity index (χ0n) is 14.4. The van der Waals surface area contributed by atoms with Crippen LogP contribution in [0.3, 0.4) is 0 Å². The van der Waals surface area contributed by atoms with Crippen molar-refractivity contribution < 1.29 is 14.3 Å². The number of methoxy groups -OCH3 is 2. The molecule has 0 aromatic heterocycles. The Kier molecular flexibility index (Phi) is 5.15. The van der Waals surface area contributed by atoms with E-state index in [9.17, 15) is 4.79 Å². The standard InChI is InChI=1S/C19H28O3/c1-19(2,3)18(20)16(13-9-6-7-10-13)17-14(21-4)11-8-12-15(17)22-5/h8,11-13,16H,6-7,9-10H2,1-5H3. The SMILES string of the molecule is COc1cccc(OC)c1C(C(=O)C(C)(C)C)C1CCCC1. The molecular weight excluding hydrogens is 276 g/mol. The zero-order chi connectivity index (χ0) is 16.3. The highest BCUT2D eigenvalue weighted by molar-refractivity contribution is 5.91. The Hall–Kier alpha value is -1.51. The predicted octanol–water partition coefficient (Wildman–Crippen LogP) is 4.59. The van der Waals surface area contributed by atoms with Crippen LogP contribution >= 0.6 is 0 Å². The average molecular weight is 304 g/mol. The lowest BCUT2D eigenvalue weighted by Crippen LogP contribution is -2.31. The predicted molar refractivity (Wildman–Crippen MR) is 88.7 cm³/mol. The second-order valence-corrected chi connectivity index (χ2v) is 7.21. The van der Waals surface area contributed by atoms with Crippen LogP contribution in [-0.2, 0) is 4.79 Å². The summed E-state index contributed by atoms with van der Waals surface area (Å²) in [6.45, 7) is 6.00. The first-order valence-corrected chi connectivity index (χ1v) is 8.15. The third kappa shape index (κ3) is 3.29. The van der Waals surface area contributed by atoms with Gasteiger partial charge in [0.05, 0.1) is 20.1 Å². The fourth-order valence-electron chi connectivity index (χ4n) is 3.52. The van der Waals surface area contributed by atoms with Gasteiger partial charge in [0.1, 0.15) is 17.3 Å². The summed E-state index contributed by atoms with van der Waals surface area (Å²) in [5, 5.41) is 0. The Morgan fingerprint density at radius 3 is 2.00 bits per heavy atom. The summed E-state index contributed by atoms with van der Waals surface area (Å²) in [4.78, 5) is 13.2. The molecule has 1 aliphatic rings. The summed E-state index contributed by atoms with van der Waals surface area (Å²) in [5.41, 5.74) is 0.554. The molecule has 1 aromatic rings. The largest absolute Gasteiger partial charge is 0.496 e. The molecule has 0 radical (unpaired) electrons. The van der Waals surface area contributed by atoms with E-state index >= 15 is 0 Å². The number of hydrogen-bond acceptors (Lipinski definition) is 3. The van der Waals surface area contributed by atoms with Crippen molar-refractivity contribution in [2.24, 2.45) is 11.3 Å². The number of hydrogen-bond donors (Lipinski definition) is 0. The summed E-state index contributed by atoms with van der Waals surface area (Å²) in [6.07, 6.45) is 4.62. The molecule has 3 heteroatoms. The van der Waals surface area contributed by atoms with Crippen LogP contribution in [0.15, 0.2) is 18.2 Å². The number of benzene rings is 1. The van der Waals surface area contributed by atoms with Crippen LogP contribution < -0.4 is 9.47 Å². The van der Waals surface area contributed by atoms with E-state index in [1.807, 2.05) is 39.0 Å². The van der Waals surface area contributed by atoms with Crippen molar-refractivity contribution in [2.45, 2.75) is 52.4 Å². The van der Waals surface area contributed by atoms with Gasteiger partial charge in [0.15, 0.2) is 0 Å². The van der Waals surface area contributed by atoms with E-state index in [-0.39, 0.29) is 17.1 Å². The van der Waals surface area contributed by atoms with Gasteiger partial charge in [-0.2, -0.15) is 0 Å². The van der Waals surface area contributed by atoms with Crippen LogP contribution in [0.4, 0.5) is 0 Å². The van der Waals surface area contributed by atoms with Crippen LogP contribution in [0, 0.1) is 11.3 Å². The molecular formula is C19H28O3. The smallest absolute Gasteiger partial charge is 0.146 e. The molecule has 1 aliphatic carbocycles. The summed E-state index contributed by atoms with van der Waals surface area (Å²) in [5.74, 6) is 2.04. The van der Waals surface area contributed by atoms with Gasteiger partial charge in [-0.25, -0.2) is 0 Å². The van der Waals surface area contributed by atoms with E-state index in [1.165, 1.54) is 12.8 Å². The summed E-state index contributed by atoms with van der Waals surface area (Å²) in [7, 11) is 3.32. The first kappa shape index (κ1) is 16.9. The van der Waals surface area contributed by atoms with Crippen molar-refractivity contribution in [1.82, 2.24) is 0 Å². The van der Waals surface area contributed by atoms with Crippen LogP contribution in [0.25, 0.3) is 0 Å². The first-order chi connectivity index (χ1) is 10.4. The number of carbonyl (C=O) groups excluding carboxylic acids is 1. The highest BCUT2D eigenvalue weighted by atomic mass is 16.5. The number of rotatable bonds is 5. The third-order valence-electron chi connectivity index (χ3n) is 4.67. The topological polar surface area (TPSA) is 35.5 Å². The molecule has 1 fully saturated rings. The Bertz CT molecular complexity index is 500. The highest BCUT2D eigenvalue weighted by Gasteiger charge is 2.40. The molecule has 0 bridgehead atoms. The van der Waals surface area contributed by atoms with Gasteiger partial charge in [0, 0.05) is 11.0 Å². The van der Waals surface area contributed by atoms with Gasteiger partial charge >= 0.3 is 0 Å². The highest BCUT2D eigenvalue weighted by Crippen LogP contribution is 2.47. The summed E-state index contributed by atoms with van der Waals surface area (Å²) < 4.78 is 11.1. The summed E-state index contributed by atoms with van der Waals surface area (Å²) in [6, 6.07) is 5.76. The van der Waals surface area contributed by atoms with Gasteiger partial charge in [0.2, 0.25) is 0 Å². The maximum Gasteiger partial charge on any atom is 0.146 e. The quantitative estimate of drug-likeness (QED) is 0.798. The Labute approximate surface area is 134 Å². The van der Waals surface area contributed by atoms with Crippen LogP contribution in [0.1, 0.15) is 57.9 Å². The normalized spacial score (nSPS) is 17.3. The average Bonchev–Trinajstić information content (AvgIpc) is 3.00. The van der Waals surface area contributed by atoms with Crippen molar-refractivity contribution in [3.05, 3.63) is 23.8 Å². The van der Waals surface area contributed by atoms with Crippen molar-refractivity contribution in [3.8, 4) is 11.5 Å². The molecule has 0 saturated heterocycles. The van der Waals surface area contributed by atoms with Crippen molar-refractivity contribution >= 4 is 5.78 Å². The van der Waals surface area contributed by atoms with E-state index in [0.29, 0.717) is 5.92 Å². The number of carbonyl (C=O) groups is 1. The first-order valence-electron chi connectivity index (χ1n) is 8.15. The molecule has 3 nitrogen and oxygen atoms in total. The second kappa shape index (κ2) is 6.72. The molecule has 22 heavy (non-hydrogen) atoms. The zero-order valence-corrected chi connectivity index (χ0v) is 14.4. The minimum Gasteiger partial charge on any atom is -0.496 e. The molecule has 1 unspecified atom stereocenters. The van der Waals surface area contributed by atoms with Gasteiger partial charge in [-0.1, -0.05) is 39.7 Å². The van der Waals surface area contributed by atoms with Gasteiger partial charge in [0.25, 0.3) is 0 Å². The third-order valence-corrected chi connectivity index (χ3v) is 4.67. The van der Waals surface area contributed by atoms with Gasteiger partial charge < -0.3 is 9.47 Å². The van der Waals surface area contributed by atoms with Crippen LogP contribution in [-0.4, -0.2) is 20.0 Å². The fraction of sp³-hybridized carbons (Fsp3) is 0.632. The van der Waals surface area contributed by atoms with Gasteiger partial charge in [-0.05, 0) is 30.9 Å². The van der Waals surface area contributed by atoms with Gasteiger partial charge in [-0.3, -0.25) is 4.79 Å². The number of ether oxygens (including phenoxy) is 2. The van der Waals surface area contributed by atoms with E-state index < -0.39 is 0 Å². The Morgan fingerprint density at radius 1 is 1.09 bits per heavy atom. The Balaban J connectivity index is 2.56. The molecule has 1 aromatic carbocycles. The monoisotopic (exact) mass is 304 g/mol. The lowest BCUT2D eigenvalue weighted by molar-refractivity contribution is -0.129. The Morgan fingerprint density at radius 2 is 1.59 bits per heavy atom. The molecule has 0 amide bonds. The van der Waals surface area contributed by atoms with Gasteiger partial charge in [-0.15, -0.1) is 0 Å². The second-order valence-electron chi connectivity index (χ2n) is 7.21. The fourth-order valence-corrected chi connectivity index (χ4v) is 3.52. The molecule has 0 aliphatic heterocycles. The summed E-state index contributed by atoms with van der Waals surface area (Å²) >= 11 is 0. The number of Topliss-reactive ketones (excluding diaryl/α,β-unsaturated/α-hetero) is 1. The van der Waals surface area contributed by atoms with E-state index in [2.05, 4.69) is 0 Å². The van der Waals surface area contributed by atoms with Crippen LogP contribution in [0.5, 0.6) is 11.5 Å². The number of ketones is 1.